The van der Waals surface area contributed by atoms with Crippen LogP contribution in [0, 0.1) is 0 Å². The van der Waals surface area contributed by atoms with E-state index in [0.29, 0.717) is 24.5 Å². The summed E-state index contributed by atoms with van der Waals surface area (Å²) in [5, 5.41) is 3.82. The van der Waals surface area contributed by atoms with Crippen molar-refractivity contribution in [2.45, 2.75) is 17.7 Å². The molecule has 0 aliphatic carbocycles. The maximum atomic E-state index is 12.7. The van der Waals surface area contributed by atoms with Gasteiger partial charge in [-0.2, -0.15) is 9.29 Å². The van der Waals surface area contributed by atoms with Crippen molar-refractivity contribution in [1.82, 2.24) is 24.9 Å². The van der Waals surface area contributed by atoms with E-state index in [2.05, 4.69) is 26.0 Å². The van der Waals surface area contributed by atoms with E-state index in [1.165, 1.54) is 28.6 Å². The van der Waals surface area contributed by atoms with Crippen LogP contribution in [0.25, 0.3) is 11.4 Å². The second-order valence-electron chi connectivity index (χ2n) is 6.38. The lowest BCUT2D eigenvalue weighted by Crippen LogP contribution is -2.30. The molecule has 2 N–H and O–H groups in total. The highest BCUT2D eigenvalue weighted by Crippen LogP contribution is 2.21. The first-order chi connectivity index (χ1) is 14.0. The number of hydrogen-bond donors (Lipinski definition) is 2. The number of aromatic nitrogens is 3. The molecule has 1 amide bonds. The summed E-state index contributed by atoms with van der Waals surface area (Å²) in [7, 11) is -3.60. The fourth-order valence-electron chi connectivity index (χ4n) is 2.95. The molecule has 11 heteroatoms. The average Bonchev–Trinajstić information content (AvgIpc) is 3.45. The van der Waals surface area contributed by atoms with Crippen molar-refractivity contribution in [3.8, 4) is 11.4 Å². The Balaban J connectivity index is 1.44. The van der Waals surface area contributed by atoms with Crippen LogP contribution in [0.5, 0.6) is 0 Å². The minimum Gasteiger partial charge on any atom is -0.313 e. The highest BCUT2D eigenvalue weighted by Gasteiger charge is 2.27. The highest BCUT2D eigenvalue weighted by molar-refractivity contribution is 7.89. The summed E-state index contributed by atoms with van der Waals surface area (Å²) in [5.41, 5.74) is 5.85. The summed E-state index contributed by atoms with van der Waals surface area (Å²) in [6.45, 7) is 0.995. The minimum atomic E-state index is -3.60. The van der Waals surface area contributed by atoms with E-state index in [1.807, 2.05) is 0 Å². The predicted molar refractivity (Wildman–Crippen MR) is 103 cm³/mol. The second kappa shape index (κ2) is 7.97. The van der Waals surface area contributed by atoms with Crippen LogP contribution in [0.1, 0.15) is 23.2 Å². The van der Waals surface area contributed by atoms with E-state index in [0.717, 1.165) is 12.8 Å². The topological polar surface area (TPSA) is 130 Å². The molecule has 1 aliphatic rings. The SMILES string of the molecule is O=C(NNc1nc(-c2ccncc2)no1)c1cccc(S(=O)(=O)N2CCCC2)c1. The number of nitrogens with one attached hydrogen (secondary N) is 2. The third-order valence-corrected chi connectivity index (χ3v) is 6.34. The van der Waals surface area contributed by atoms with E-state index in [9.17, 15) is 13.2 Å². The van der Waals surface area contributed by atoms with Crippen LogP contribution in [-0.4, -0.2) is 46.8 Å². The lowest BCUT2D eigenvalue weighted by molar-refractivity contribution is 0.0961. The zero-order valence-corrected chi connectivity index (χ0v) is 16.1. The van der Waals surface area contributed by atoms with Crippen molar-refractivity contribution >= 4 is 21.9 Å². The van der Waals surface area contributed by atoms with Crippen molar-refractivity contribution in [1.29, 1.82) is 0 Å². The van der Waals surface area contributed by atoms with E-state index in [1.54, 1.807) is 24.5 Å². The second-order valence-corrected chi connectivity index (χ2v) is 8.32. The molecule has 0 spiro atoms. The Hall–Kier alpha value is -3.31. The lowest BCUT2D eigenvalue weighted by atomic mass is 10.2. The Kier molecular flexibility index (Phi) is 5.23. The molecule has 1 fully saturated rings. The number of nitrogens with zero attached hydrogens (tertiary/aromatic N) is 4. The van der Waals surface area contributed by atoms with Gasteiger partial charge in [0.1, 0.15) is 0 Å². The quantitative estimate of drug-likeness (QED) is 0.583. The van der Waals surface area contributed by atoms with Crippen LogP contribution in [0.4, 0.5) is 6.01 Å². The Labute approximate surface area is 167 Å². The molecule has 29 heavy (non-hydrogen) atoms. The van der Waals surface area contributed by atoms with Crippen LogP contribution in [0.3, 0.4) is 0 Å². The maximum Gasteiger partial charge on any atom is 0.340 e. The molecule has 0 bridgehead atoms. The molecular formula is C18H18N6O4S. The molecule has 10 nitrogen and oxygen atoms in total. The van der Waals surface area contributed by atoms with Crippen molar-refractivity contribution in [3.63, 3.8) is 0 Å². The standard InChI is InChI=1S/C18H18N6O4S/c25-17(21-22-18-20-16(23-28-18)13-6-8-19-9-7-13)14-4-3-5-15(12-14)29(26,27)24-10-1-2-11-24/h3-9,12H,1-2,10-11H2,(H,21,25)(H,20,22,23). The molecule has 2 aromatic heterocycles. The Morgan fingerprint density at radius 3 is 2.62 bits per heavy atom. The van der Waals surface area contributed by atoms with Crippen LogP contribution >= 0.6 is 0 Å². The summed E-state index contributed by atoms with van der Waals surface area (Å²) < 4.78 is 31.8. The van der Waals surface area contributed by atoms with Gasteiger partial charge in [-0.3, -0.25) is 15.2 Å². The third kappa shape index (κ3) is 4.10. The van der Waals surface area contributed by atoms with Crippen molar-refractivity contribution in [2.75, 3.05) is 18.5 Å². The van der Waals surface area contributed by atoms with Crippen LogP contribution in [0.15, 0.2) is 58.2 Å². The van der Waals surface area contributed by atoms with Crippen LogP contribution < -0.4 is 10.9 Å². The van der Waals surface area contributed by atoms with Gasteiger partial charge in [-0.15, -0.1) is 0 Å². The van der Waals surface area contributed by atoms with Gasteiger partial charge in [0.05, 0.1) is 4.90 Å². The van der Waals surface area contributed by atoms with Crippen molar-refractivity contribution in [2.24, 2.45) is 0 Å². The van der Waals surface area contributed by atoms with Crippen molar-refractivity contribution in [3.05, 3.63) is 54.4 Å². The van der Waals surface area contributed by atoms with E-state index in [4.69, 9.17) is 4.52 Å². The van der Waals surface area contributed by atoms with Gasteiger partial charge in [-0.05, 0) is 43.2 Å². The molecule has 1 saturated heterocycles. The molecule has 4 rings (SSSR count). The lowest BCUT2D eigenvalue weighted by Gasteiger charge is -2.16. The average molecular weight is 414 g/mol. The zero-order valence-electron chi connectivity index (χ0n) is 15.3. The molecule has 0 radical (unpaired) electrons. The first-order valence-corrected chi connectivity index (χ1v) is 10.4. The molecule has 0 saturated carbocycles. The Morgan fingerprint density at radius 1 is 1.10 bits per heavy atom. The summed E-state index contributed by atoms with van der Waals surface area (Å²) in [4.78, 5) is 20.5. The first-order valence-electron chi connectivity index (χ1n) is 8.95. The van der Waals surface area contributed by atoms with Gasteiger partial charge in [0, 0.05) is 36.6 Å². The van der Waals surface area contributed by atoms with Gasteiger partial charge in [-0.25, -0.2) is 13.8 Å². The molecule has 0 atom stereocenters. The summed E-state index contributed by atoms with van der Waals surface area (Å²) in [6, 6.07) is 9.32. The first kappa shape index (κ1) is 19.0. The van der Waals surface area contributed by atoms with E-state index >= 15 is 0 Å². The number of benzene rings is 1. The number of anilines is 1. The number of pyridine rings is 1. The van der Waals surface area contributed by atoms with Gasteiger partial charge in [0.25, 0.3) is 5.91 Å². The van der Waals surface area contributed by atoms with Gasteiger partial charge in [-0.1, -0.05) is 11.2 Å². The number of rotatable bonds is 6. The summed E-state index contributed by atoms with van der Waals surface area (Å²) >= 11 is 0. The molecule has 0 unspecified atom stereocenters. The largest absolute Gasteiger partial charge is 0.340 e. The maximum absolute atomic E-state index is 12.7. The molecular weight excluding hydrogens is 396 g/mol. The number of hydrogen-bond acceptors (Lipinski definition) is 8. The normalized spacial score (nSPS) is 14.6. The van der Waals surface area contributed by atoms with E-state index in [-0.39, 0.29) is 16.5 Å². The molecule has 3 aromatic rings. The summed E-state index contributed by atoms with van der Waals surface area (Å²) in [6.07, 6.45) is 4.89. The zero-order chi connectivity index (χ0) is 20.3. The third-order valence-electron chi connectivity index (χ3n) is 4.45. The van der Waals surface area contributed by atoms with E-state index < -0.39 is 15.9 Å². The highest BCUT2D eigenvalue weighted by atomic mass is 32.2. The van der Waals surface area contributed by atoms with Gasteiger partial charge in [0.15, 0.2) is 0 Å². The molecule has 1 aromatic carbocycles. The monoisotopic (exact) mass is 414 g/mol. The minimum absolute atomic E-state index is 0.00833. The molecule has 1 aliphatic heterocycles. The molecule has 3 heterocycles. The number of amides is 1. The van der Waals surface area contributed by atoms with Crippen molar-refractivity contribution < 1.29 is 17.7 Å². The summed E-state index contributed by atoms with van der Waals surface area (Å²) in [5.74, 6) is -0.199. The van der Waals surface area contributed by atoms with Crippen LogP contribution in [-0.2, 0) is 10.0 Å². The number of carbonyl (C=O) groups is 1. The number of hydrazine groups is 1. The van der Waals surface area contributed by atoms with Gasteiger partial charge in [0.2, 0.25) is 15.8 Å². The number of sulfonamides is 1. The fraction of sp³-hybridized carbons (Fsp3) is 0.222. The predicted octanol–water partition coefficient (Wildman–Crippen LogP) is 1.67. The van der Waals surface area contributed by atoms with Gasteiger partial charge < -0.3 is 4.52 Å². The Bertz CT molecular complexity index is 1110. The Morgan fingerprint density at radius 2 is 1.86 bits per heavy atom. The van der Waals surface area contributed by atoms with Crippen LogP contribution in [0.2, 0.25) is 0 Å². The smallest absolute Gasteiger partial charge is 0.313 e. The molecule has 150 valence electrons. The number of carbonyl (C=O) groups excluding carboxylic acids is 1. The fourth-order valence-corrected chi connectivity index (χ4v) is 4.51. The van der Waals surface area contributed by atoms with Gasteiger partial charge >= 0.3 is 6.01 Å².